The molecule has 1 amide bonds. The van der Waals surface area contributed by atoms with Gasteiger partial charge in [0.25, 0.3) is 5.78 Å². The zero-order valence-electron chi connectivity index (χ0n) is 22.3. The van der Waals surface area contributed by atoms with E-state index in [0.29, 0.717) is 37.8 Å². The number of anilines is 1. The first-order valence-electron chi connectivity index (χ1n) is 13.2. The highest BCUT2D eigenvalue weighted by atomic mass is 32.2. The predicted octanol–water partition coefficient (Wildman–Crippen LogP) is 6.57. The number of hydrogen-bond acceptors (Lipinski definition) is 8. The van der Waals surface area contributed by atoms with Crippen LogP contribution in [0.4, 0.5) is 5.13 Å². The molecule has 3 aromatic carbocycles. The van der Waals surface area contributed by atoms with Gasteiger partial charge in [0.05, 0.1) is 17.3 Å². The minimum absolute atomic E-state index is 0.0138. The van der Waals surface area contributed by atoms with Gasteiger partial charge in [0, 0.05) is 11.9 Å². The van der Waals surface area contributed by atoms with Crippen LogP contribution in [0.5, 0.6) is 0 Å². The second-order valence-corrected chi connectivity index (χ2v) is 12.0. The molecule has 1 N–H and O–H groups in total. The smallest absolute Gasteiger partial charge is 0.301 e. The SMILES string of the molecule is Cc1nc2ccccn2c1C(O)=C1C(=O)C(=O)N(c2nnc(SCc3cccc4ccccc34)s2)C1c1ccccc1. The molecule has 206 valence electrons. The van der Waals surface area contributed by atoms with E-state index in [1.165, 1.54) is 44.3 Å². The Kier molecular flexibility index (Phi) is 6.56. The summed E-state index contributed by atoms with van der Waals surface area (Å²) in [6, 6.07) is 28.2. The van der Waals surface area contributed by atoms with Gasteiger partial charge in [-0.15, -0.1) is 10.2 Å². The van der Waals surface area contributed by atoms with Crippen molar-refractivity contribution in [2.24, 2.45) is 0 Å². The van der Waals surface area contributed by atoms with E-state index in [1.807, 2.05) is 66.7 Å². The molecule has 0 spiro atoms. The van der Waals surface area contributed by atoms with E-state index < -0.39 is 17.7 Å². The minimum Gasteiger partial charge on any atom is -0.505 e. The van der Waals surface area contributed by atoms with Crippen molar-refractivity contribution < 1.29 is 14.7 Å². The van der Waals surface area contributed by atoms with Crippen LogP contribution < -0.4 is 4.90 Å². The van der Waals surface area contributed by atoms with Crippen LogP contribution in [0.1, 0.15) is 28.6 Å². The number of aromatic nitrogens is 4. The van der Waals surface area contributed by atoms with E-state index in [0.717, 1.165) is 0 Å². The average Bonchev–Trinajstić information content (AvgIpc) is 3.69. The van der Waals surface area contributed by atoms with Gasteiger partial charge in [-0.1, -0.05) is 102 Å². The molecule has 1 saturated heterocycles. The molecule has 42 heavy (non-hydrogen) atoms. The Morgan fingerprint density at radius 1 is 0.929 bits per heavy atom. The topological polar surface area (TPSA) is 101 Å². The summed E-state index contributed by atoms with van der Waals surface area (Å²) in [5, 5.41) is 23.0. The molecule has 4 heterocycles. The maximum absolute atomic E-state index is 13.6. The fraction of sp³-hybridized carbons (Fsp3) is 0.0938. The van der Waals surface area contributed by atoms with E-state index >= 15 is 0 Å². The van der Waals surface area contributed by atoms with Crippen molar-refractivity contribution in [1.29, 1.82) is 0 Å². The van der Waals surface area contributed by atoms with Crippen molar-refractivity contribution in [2.75, 3.05) is 4.90 Å². The van der Waals surface area contributed by atoms with E-state index in [1.54, 1.807) is 17.5 Å². The first-order valence-corrected chi connectivity index (χ1v) is 15.0. The molecule has 3 aromatic heterocycles. The van der Waals surface area contributed by atoms with Crippen molar-refractivity contribution in [1.82, 2.24) is 19.6 Å². The Bertz CT molecular complexity index is 2030. The molecular formula is C32H23N5O3S2. The fourth-order valence-corrected chi connectivity index (χ4v) is 7.29. The number of aliphatic hydroxyl groups excluding tert-OH is 1. The number of ketones is 1. The molecule has 1 fully saturated rings. The Morgan fingerprint density at radius 3 is 2.55 bits per heavy atom. The van der Waals surface area contributed by atoms with Crippen LogP contribution in [0.15, 0.2) is 107 Å². The third kappa shape index (κ3) is 4.36. The van der Waals surface area contributed by atoms with Crippen LogP contribution in [0.2, 0.25) is 0 Å². The van der Waals surface area contributed by atoms with Gasteiger partial charge in [0.2, 0.25) is 5.13 Å². The van der Waals surface area contributed by atoms with E-state index in [4.69, 9.17) is 0 Å². The molecule has 10 heteroatoms. The van der Waals surface area contributed by atoms with Gasteiger partial charge >= 0.3 is 5.91 Å². The fourth-order valence-electron chi connectivity index (χ4n) is 5.42. The second-order valence-electron chi connectivity index (χ2n) is 9.83. The van der Waals surface area contributed by atoms with Gasteiger partial charge in [-0.25, -0.2) is 4.98 Å². The predicted molar refractivity (Wildman–Crippen MR) is 165 cm³/mol. The Balaban J connectivity index is 1.28. The lowest BCUT2D eigenvalue weighted by Gasteiger charge is -2.22. The van der Waals surface area contributed by atoms with E-state index in [9.17, 15) is 14.7 Å². The summed E-state index contributed by atoms with van der Waals surface area (Å²) >= 11 is 2.77. The highest BCUT2D eigenvalue weighted by Gasteiger charge is 2.48. The third-order valence-electron chi connectivity index (χ3n) is 7.32. The maximum atomic E-state index is 13.6. The summed E-state index contributed by atoms with van der Waals surface area (Å²) in [5.74, 6) is -1.16. The van der Waals surface area contributed by atoms with Gasteiger partial charge in [-0.05, 0) is 41.0 Å². The zero-order chi connectivity index (χ0) is 28.8. The number of hydrogen-bond donors (Lipinski definition) is 1. The van der Waals surface area contributed by atoms with Crippen LogP contribution in [0, 0.1) is 6.92 Å². The van der Waals surface area contributed by atoms with Gasteiger partial charge in [0.15, 0.2) is 10.1 Å². The Hall–Kier alpha value is -4.80. The van der Waals surface area contributed by atoms with Gasteiger partial charge in [-0.3, -0.25) is 18.9 Å². The van der Waals surface area contributed by atoms with Crippen molar-refractivity contribution in [3.05, 3.63) is 125 Å². The molecule has 8 nitrogen and oxygen atoms in total. The van der Waals surface area contributed by atoms with Gasteiger partial charge < -0.3 is 5.11 Å². The number of amides is 1. The first-order chi connectivity index (χ1) is 20.5. The number of thioether (sulfide) groups is 1. The van der Waals surface area contributed by atoms with Crippen LogP contribution in [-0.2, 0) is 15.3 Å². The molecule has 0 bridgehead atoms. The summed E-state index contributed by atoms with van der Waals surface area (Å²) < 4.78 is 2.39. The second kappa shape index (κ2) is 10.6. The normalized spacial score (nSPS) is 16.6. The molecule has 0 saturated carbocycles. The number of aryl methyl sites for hydroxylation is 1. The maximum Gasteiger partial charge on any atom is 0.301 e. The van der Waals surface area contributed by atoms with Crippen molar-refractivity contribution >= 4 is 62.1 Å². The molecule has 6 aromatic rings. The molecule has 7 rings (SSSR count). The largest absolute Gasteiger partial charge is 0.505 e. The molecular weight excluding hydrogens is 567 g/mol. The molecule has 0 radical (unpaired) electrons. The molecule has 0 aliphatic carbocycles. The number of rotatable bonds is 6. The minimum atomic E-state index is -0.885. The van der Waals surface area contributed by atoms with Crippen LogP contribution in [0.25, 0.3) is 22.2 Å². The van der Waals surface area contributed by atoms with E-state index in [-0.39, 0.29) is 11.3 Å². The third-order valence-corrected chi connectivity index (χ3v) is 9.43. The standard InChI is InChI=1S/C32H23N5O3S2/c1-19-26(36-17-8-7-16-24(36)33-19)28(38)25-27(21-11-3-2-4-12-21)37(30(40)29(25)39)31-34-35-32(42-31)41-18-22-14-9-13-20-10-5-6-15-23(20)22/h2-17,27,38H,18H2,1H3. The summed E-state index contributed by atoms with van der Waals surface area (Å²) in [7, 11) is 0. The number of aliphatic hydroxyl groups is 1. The van der Waals surface area contributed by atoms with Crippen LogP contribution in [0.3, 0.4) is 0 Å². The monoisotopic (exact) mass is 589 g/mol. The lowest BCUT2D eigenvalue weighted by molar-refractivity contribution is -0.132. The van der Waals surface area contributed by atoms with Crippen LogP contribution in [-0.4, -0.2) is 36.4 Å². The molecule has 1 aliphatic rings. The highest BCUT2D eigenvalue weighted by Crippen LogP contribution is 2.44. The molecule has 1 aliphatic heterocycles. The van der Waals surface area contributed by atoms with Crippen molar-refractivity contribution in [3.8, 4) is 0 Å². The summed E-state index contributed by atoms with van der Waals surface area (Å²) in [5.41, 5.74) is 3.36. The number of Topliss-reactive ketones (excluding diaryl/α,β-unsaturated/α-hetero) is 1. The van der Waals surface area contributed by atoms with Crippen LogP contribution >= 0.6 is 23.1 Å². The zero-order valence-corrected chi connectivity index (χ0v) is 24.0. The molecule has 1 atom stereocenters. The van der Waals surface area contributed by atoms with Crippen molar-refractivity contribution in [2.45, 2.75) is 23.1 Å². The van der Waals surface area contributed by atoms with Gasteiger partial charge in [-0.2, -0.15) is 0 Å². The number of nitrogens with zero attached hydrogens (tertiary/aromatic N) is 5. The lowest BCUT2D eigenvalue weighted by Crippen LogP contribution is -2.29. The number of carbonyl (C=O) groups is 2. The van der Waals surface area contributed by atoms with Crippen molar-refractivity contribution in [3.63, 3.8) is 0 Å². The lowest BCUT2D eigenvalue weighted by atomic mass is 9.96. The Morgan fingerprint density at radius 2 is 1.69 bits per heavy atom. The quantitative estimate of drug-likeness (QED) is 0.0771. The van der Waals surface area contributed by atoms with E-state index in [2.05, 4.69) is 39.4 Å². The average molecular weight is 590 g/mol. The molecule has 1 unspecified atom stereocenters. The number of pyridine rings is 1. The summed E-state index contributed by atoms with van der Waals surface area (Å²) in [6.07, 6.45) is 1.77. The number of carbonyl (C=O) groups excluding carboxylic acids is 2. The Labute approximate surface area is 249 Å². The summed E-state index contributed by atoms with van der Waals surface area (Å²) in [6.45, 7) is 1.76. The summed E-state index contributed by atoms with van der Waals surface area (Å²) in [4.78, 5) is 33.1. The van der Waals surface area contributed by atoms with Gasteiger partial charge in [0.1, 0.15) is 11.3 Å². The number of benzene rings is 3. The number of fused-ring (bicyclic) bond motifs is 2. The highest BCUT2D eigenvalue weighted by molar-refractivity contribution is 8.00. The first kappa shape index (κ1) is 26.1. The number of imidazole rings is 1.